The number of hydrogen-bond acceptors (Lipinski definition) is 2. The van der Waals surface area contributed by atoms with E-state index in [1.807, 2.05) is 24.4 Å². The molecule has 3 nitrogen and oxygen atoms in total. The molecule has 0 aliphatic carbocycles. The molecule has 0 aliphatic rings. The molecule has 2 aromatic rings. The minimum Gasteiger partial charge on any atom is -0.478 e. The third-order valence-corrected chi connectivity index (χ3v) is 3.93. The van der Waals surface area contributed by atoms with Gasteiger partial charge < -0.3 is 4.74 Å². The van der Waals surface area contributed by atoms with Crippen LogP contribution in [0.4, 0.5) is 0 Å². The van der Waals surface area contributed by atoms with Crippen LogP contribution in [-0.4, -0.2) is 16.8 Å². The van der Waals surface area contributed by atoms with Crippen LogP contribution < -0.4 is 4.74 Å². The number of hydrogen-bond donors (Lipinski definition) is 1. The molecule has 0 spiro atoms. The summed E-state index contributed by atoms with van der Waals surface area (Å²) >= 11 is 0. The Hall–Kier alpha value is -1.77. The van der Waals surface area contributed by atoms with E-state index in [0.717, 1.165) is 30.0 Å². The van der Waals surface area contributed by atoms with Crippen molar-refractivity contribution in [3.05, 3.63) is 36.5 Å². The van der Waals surface area contributed by atoms with E-state index in [0.29, 0.717) is 0 Å². The van der Waals surface area contributed by atoms with Gasteiger partial charge in [-0.2, -0.15) is 5.10 Å². The van der Waals surface area contributed by atoms with E-state index in [9.17, 15) is 0 Å². The molecule has 0 radical (unpaired) electrons. The first-order chi connectivity index (χ1) is 10.9. The van der Waals surface area contributed by atoms with Crippen LogP contribution in [0, 0.1) is 0 Å². The fraction of sp³-hybridized carbons (Fsp3) is 0.526. The van der Waals surface area contributed by atoms with Gasteiger partial charge in [0.2, 0.25) is 5.88 Å². The molecule has 0 saturated heterocycles. The molecule has 22 heavy (non-hydrogen) atoms. The van der Waals surface area contributed by atoms with Crippen molar-refractivity contribution in [2.45, 2.75) is 58.3 Å². The number of benzene rings is 1. The van der Waals surface area contributed by atoms with Gasteiger partial charge in [0.1, 0.15) is 0 Å². The molecule has 120 valence electrons. The summed E-state index contributed by atoms with van der Waals surface area (Å²) in [6.45, 7) is 3.02. The average Bonchev–Trinajstić information content (AvgIpc) is 3.02. The number of aromatic nitrogens is 2. The van der Waals surface area contributed by atoms with Crippen molar-refractivity contribution in [2.24, 2.45) is 0 Å². The summed E-state index contributed by atoms with van der Waals surface area (Å²) in [6, 6.07) is 10.2. The molecule has 0 unspecified atom stereocenters. The smallest absolute Gasteiger partial charge is 0.217 e. The van der Waals surface area contributed by atoms with E-state index in [4.69, 9.17) is 4.74 Å². The minimum atomic E-state index is 0.761. The summed E-state index contributed by atoms with van der Waals surface area (Å²) in [5.41, 5.74) is 2.18. The molecular weight excluding hydrogens is 272 g/mol. The Labute approximate surface area is 134 Å². The average molecular weight is 300 g/mol. The number of ether oxygens (including phenoxy) is 1. The molecule has 0 saturated carbocycles. The normalized spacial score (nSPS) is 10.8. The Balaban J connectivity index is 1.63. The Morgan fingerprint density at radius 1 is 0.909 bits per heavy atom. The molecule has 1 aromatic heterocycles. The fourth-order valence-electron chi connectivity index (χ4n) is 2.62. The van der Waals surface area contributed by atoms with Crippen molar-refractivity contribution in [2.75, 3.05) is 6.61 Å². The lowest BCUT2D eigenvalue weighted by Crippen LogP contribution is -1.98. The highest BCUT2D eigenvalue weighted by Gasteiger charge is 2.08. The number of nitrogens with zero attached hydrogens (tertiary/aromatic N) is 1. The van der Waals surface area contributed by atoms with Gasteiger partial charge >= 0.3 is 0 Å². The third kappa shape index (κ3) is 5.55. The van der Waals surface area contributed by atoms with Crippen LogP contribution in [0.2, 0.25) is 0 Å². The number of nitrogens with one attached hydrogen (secondary N) is 1. The lowest BCUT2D eigenvalue weighted by molar-refractivity contribution is 0.294. The summed E-state index contributed by atoms with van der Waals surface area (Å²) < 4.78 is 5.86. The van der Waals surface area contributed by atoms with Crippen molar-refractivity contribution >= 4 is 0 Å². The van der Waals surface area contributed by atoms with Gasteiger partial charge in [-0.1, -0.05) is 82.2 Å². The van der Waals surface area contributed by atoms with Gasteiger partial charge in [0.25, 0.3) is 0 Å². The van der Waals surface area contributed by atoms with E-state index >= 15 is 0 Å². The van der Waals surface area contributed by atoms with Gasteiger partial charge in [0.15, 0.2) is 0 Å². The topological polar surface area (TPSA) is 37.9 Å². The maximum absolute atomic E-state index is 5.86. The van der Waals surface area contributed by atoms with Crippen LogP contribution in [0.25, 0.3) is 11.1 Å². The molecule has 0 amide bonds. The predicted molar refractivity (Wildman–Crippen MR) is 92.1 cm³/mol. The standard InChI is InChI=1S/C19H28N2O/c1-2-3-4-5-6-7-8-12-15-22-19-18(16-20-21-19)17-13-10-9-11-14-17/h9-11,13-14,16H,2-8,12,15H2,1H3,(H,20,21). The molecule has 1 heterocycles. The van der Waals surface area contributed by atoms with E-state index < -0.39 is 0 Å². The number of rotatable bonds is 11. The van der Waals surface area contributed by atoms with Crippen LogP contribution in [0.1, 0.15) is 58.3 Å². The fourth-order valence-corrected chi connectivity index (χ4v) is 2.62. The van der Waals surface area contributed by atoms with Gasteiger partial charge in [-0.15, -0.1) is 0 Å². The van der Waals surface area contributed by atoms with Gasteiger partial charge in [-0.3, -0.25) is 0 Å². The Morgan fingerprint density at radius 2 is 1.59 bits per heavy atom. The second kappa shape index (κ2) is 10.0. The SMILES string of the molecule is CCCCCCCCCCOc1[nH]ncc1-c1ccccc1. The number of unbranched alkanes of at least 4 members (excludes halogenated alkanes) is 7. The molecule has 0 aliphatic heterocycles. The van der Waals surface area contributed by atoms with Crippen molar-refractivity contribution in [1.82, 2.24) is 10.2 Å². The third-order valence-electron chi connectivity index (χ3n) is 3.93. The molecule has 0 atom stereocenters. The van der Waals surface area contributed by atoms with E-state index in [1.54, 1.807) is 0 Å². The van der Waals surface area contributed by atoms with Gasteiger partial charge in [-0.05, 0) is 12.0 Å². The van der Waals surface area contributed by atoms with Gasteiger partial charge in [-0.25, -0.2) is 5.10 Å². The maximum Gasteiger partial charge on any atom is 0.217 e. The predicted octanol–water partition coefficient (Wildman–Crippen LogP) is 5.60. The second-order valence-electron chi connectivity index (χ2n) is 5.80. The summed E-state index contributed by atoms with van der Waals surface area (Å²) in [5.74, 6) is 0.786. The van der Waals surface area contributed by atoms with Crippen LogP contribution in [-0.2, 0) is 0 Å². The zero-order valence-corrected chi connectivity index (χ0v) is 13.7. The first kappa shape index (κ1) is 16.6. The lowest BCUT2D eigenvalue weighted by Gasteiger charge is -2.06. The summed E-state index contributed by atoms with van der Waals surface area (Å²) in [7, 11) is 0. The quantitative estimate of drug-likeness (QED) is 0.549. The van der Waals surface area contributed by atoms with Crippen LogP contribution in [0.3, 0.4) is 0 Å². The summed E-state index contributed by atoms with van der Waals surface area (Å²) in [6.07, 6.45) is 12.4. The van der Waals surface area contributed by atoms with Crippen molar-refractivity contribution in [1.29, 1.82) is 0 Å². The highest BCUT2D eigenvalue weighted by molar-refractivity contribution is 5.67. The van der Waals surface area contributed by atoms with E-state index in [-0.39, 0.29) is 0 Å². The number of aromatic amines is 1. The zero-order chi connectivity index (χ0) is 15.5. The zero-order valence-electron chi connectivity index (χ0n) is 13.7. The summed E-state index contributed by atoms with van der Waals surface area (Å²) in [5, 5.41) is 7.06. The Kier molecular flexibility index (Phi) is 7.57. The van der Waals surface area contributed by atoms with E-state index in [1.165, 1.54) is 44.9 Å². The Morgan fingerprint density at radius 3 is 2.32 bits per heavy atom. The molecule has 1 aromatic carbocycles. The highest BCUT2D eigenvalue weighted by Crippen LogP contribution is 2.27. The first-order valence-electron chi connectivity index (χ1n) is 8.63. The monoisotopic (exact) mass is 300 g/mol. The highest BCUT2D eigenvalue weighted by atomic mass is 16.5. The maximum atomic E-state index is 5.86. The van der Waals surface area contributed by atoms with E-state index in [2.05, 4.69) is 29.3 Å². The van der Waals surface area contributed by atoms with Crippen molar-refractivity contribution in [3.8, 4) is 17.0 Å². The first-order valence-corrected chi connectivity index (χ1v) is 8.63. The molecule has 0 bridgehead atoms. The van der Waals surface area contributed by atoms with Crippen LogP contribution >= 0.6 is 0 Å². The largest absolute Gasteiger partial charge is 0.478 e. The minimum absolute atomic E-state index is 0.761. The summed E-state index contributed by atoms with van der Waals surface area (Å²) in [4.78, 5) is 0. The molecular formula is C19H28N2O. The molecule has 3 heteroatoms. The van der Waals surface area contributed by atoms with Gasteiger partial charge in [0, 0.05) is 0 Å². The number of H-pyrrole nitrogens is 1. The molecule has 0 fully saturated rings. The molecule has 2 rings (SSSR count). The van der Waals surface area contributed by atoms with Crippen molar-refractivity contribution in [3.63, 3.8) is 0 Å². The molecule has 1 N–H and O–H groups in total. The van der Waals surface area contributed by atoms with Crippen LogP contribution in [0.15, 0.2) is 36.5 Å². The van der Waals surface area contributed by atoms with Crippen molar-refractivity contribution < 1.29 is 4.74 Å². The lowest BCUT2D eigenvalue weighted by atomic mass is 10.1. The Bertz CT molecular complexity index is 507. The second-order valence-corrected chi connectivity index (χ2v) is 5.80. The van der Waals surface area contributed by atoms with Crippen LogP contribution in [0.5, 0.6) is 5.88 Å². The van der Waals surface area contributed by atoms with Gasteiger partial charge in [0.05, 0.1) is 18.4 Å².